The molecule has 3 nitrogen and oxygen atoms in total. The van der Waals surface area contributed by atoms with Gasteiger partial charge in [-0.25, -0.2) is 0 Å². The smallest absolute Gasteiger partial charge is 0.298 e. The molecule has 6 heteroatoms. The standard InChI is InChI=1S/C3H11O3PSi2/c1-3(2)8-5-7(4)6-9-3/h7H,8-9H2,1-2H3. The van der Waals surface area contributed by atoms with Crippen molar-refractivity contribution in [3.63, 3.8) is 0 Å². The van der Waals surface area contributed by atoms with Gasteiger partial charge in [0.15, 0.2) is 19.5 Å². The fraction of sp³-hybridized carbons (Fsp3) is 1.00. The van der Waals surface area contributed by atoms with Gasteiger partial charge in [-0.2, -0.15) is 0 Å². The van der Waals surface area contributed by atoms with Crippen molar-refractivity contribution in [2.45, 2.75) is 18.5 Å². The van der Waals surface area contributed by atoms with Gasteiger partial charge in [-0.05, 0) is 4.66 Å². The zero-order chi connectivity index (χ0) is 6.91. The van der Waals surface area contributed by atoms with E-state index < -0.39 is 27.8 Å². The van der Waals surface area contributed by atoms with E-state index in [0.717, 1.165) is 0 Å². The molecule has 1 aliphatic rings. The number of rotatable bonds is 0. The molecule has 1 aliphatic heterocycles. The monoisotopic (exact) mass is 182 g/mol. The fourth-order valence-corrected chi connectivity index (χ4v) is 7.91. The molecule has 0 N–H and O–H groups in total. The van der Waals surface area contributed by atoms with Crippen molar-refractivity contribution in [3.05, 3.63) is 0 Å². The van der Waals surface area contributed by atoms with Crippen LogP contribution in [0, 0.1) is 0 Å². The Balaban J connectivity index is 2.44. The van der Waals surface area contributed by atoms with E-state index in [2.05, 4.69) is 13.8 Å². The molecule has 54 valence electrons. The lowest BCUT2D eigenvalue weighted by molar-refractivity contribution is 0.405. The zero-order valence-corrected chi connectivity index (χ0v) is 9.47. The maximum atomic E-state index is 10.6. The van der Waals surface area contributed by atoms with Crippen LogP contribution in [-0.2, 0) is 13.0 Å². The molecule has 0 bridgehead atoms. The van der Waals surface area contributed by atoms with E-state index in [0.29, 0.717) is 4.66 Å². The summed E-state index contributed by atoms with van der Waals surface area (Å²) in [5.74, 6) is 0. The van der Waals surface area contributed by atoms with Crippen molar-refractivity contribution in [2.24, 2.45) is 0 Å². The van der Waals surface area contributed by atoms with Crippen LogP contribution in [0.25, 0.3) is 0 Å². The van der Waals surface area contributed by atoms with Crippen LogP contribution in [-0.4, -0.2) is 19.5 Å². The second kappa shape index (κ2) is 2.68. The van der Waals surface area contributed by atoms with Gasteiger partial charge in [-0.3, -0.25) is 4.57 Å². The van der Waals surface area contributed by atoms with Gasteiger partial charge >= 0.3 is 0 Å². The molecule has 0 aliphatic carbocycles. The first-order valence-electron chi connectivity index (χ1n) is 2.90. The quantitative estimate of drug-likeness (QED) is 0.383. The Labute approximate surface area is 60.0 Å². The minimum absolute atomic E-state index is 0.318. The largest absolute Gasteiger partial charge is 0.361 e. The van der Waals surface area contributed by atoms with E-state index in [-0.39, 0.29) is 0 Å². The molecule has 1 heterocycles. The second-order valence-corrected chi connectivity index (χ2v) is 11.2. The van der Waals surface area contributed by atoms with Crippen LogP contribution in [0.3, 0.4) is 0 Å². The van der Waals surface area contributed by atoms with E-state index in [1.165, 1.54) is 0 Å². The predicted molar refractivity (Wildman–Crippen MR) is 42.3 cm³/mol. The Bertz CT molecular complexity index is 125. The summed E-state index contributed by atoms with van der Waals surface area (Å²) in [6.07, 6.45) is 0. The molecule has 9 heavy (non-hydrogen) atoms. The molecule has 0 unspecified atom stereocenters. The minimum Gasteiger partial charge on any atom is -0.361 e. The van der Waals surface area contributed by atoms with Gasteiger partial charge in [-0.1, -0.05) is 13.8 Å². The van der Waals surface area contributed by atoms with Gasteiger partial charge in [0.2, 0.25) is 0 Å². The summed E-state index contributed by atoms with van der Waals surface area (Å²) in [5.41, 5.74) is 0. The summed E-state index contributed by atoms with van der Waals surface area (Å²) in [5, 5.41) is 0. The Morgan fingerprint density at radius 2 is 1.78 bits per heavy atom. The highest BCUT2D eigenvalue weighted by Gasteiger charge is 2.27. The minimum atomic E-state index is -1.99. The Morgan fingerprint density at radius 3 is 2.11 bits per heavy atom. The molecular weight excluding hydrogens is 171 g/mol. The maximum Gasteiger partial charge on any atom is 0.298 e. The molecule has 1 rings (SSSR count). The summed E-state index contributed by atoms with van der Waals surface area (Å²) in [6.45, 7) is 4.28. The van der Waals surface area contributed by atoms with E-state index in [1.807, 2.05) is 0 Å². The van der Waals surface area contributed by atoms with E-state index in [4.69, 9.17) is 8.43 Å². The predicted octanol–water partition coefficient (Wildman–Crippen LogP) is -0.254. The first-order chi connectivity index (χ1) is 4.10. The van der Waals surface area contributed by atoms with Gasteiger partial charge in [0.25, 0.3) is 8.25 Å². The molecule has 0 spiro atoms. The summed E-state index contributed by atoms with van der Waals surface area (Å²) in [7, 11) is -3.07. The summed E-state index contributed by atoms with van der Waals surface area (Å²) < 4.78 is 20.9. The highest BCUT2D eigenvalue weighted by atomic mass is 31.1. The second-order valence-electron chi connectivity index (χ2n) is 2.99. The lowest BCUT2D eigenvalue weighted by atomic mass is 10.5. The average molecular weight is 182 g/mol. The van der Waals surface area contributed by atoms with E-state index in [9.17, 15) is 4.57 Å². The molecule has 0 aromatic heterocycles. The molecule has 0 amide bonds. The third kappa shape index (κ3) is 2.35. The van der Waals surface area contributed by atoms with E-state index in [1.54, 1.807) is 0 Å². The van der Waals surface area contributed by atoms with Gasteiger partial charge < -0.3 is 8.43 Å². The summed E-state index contributed by atoms with van der Waals surface area (Å²) in [6, 6.07) is 0. The summed E-state index contributed by atoms with van der Waals surface area (Å²) >= 11 is 0. The Kier molecular flexibility index (Phi) is 2.29. The first-order valence-corrected chi connectivity index (χ1v) is 6.69. The molecule has 0 atom stereocenters. The SMILES string of the molecule is CC1(C)[SiH2]O[PH](=O)O[SiH2]1. The van der Waals surface area contributed by atoms with Crippen molar-refractivity contribution >= 4 is 27.8 Å². The first kappa shape index (κ1) is 7.69. The van der Waals surface area contributed by atoms with Crippen molar-refractivity contribution in [1.29, 1.82) is 0 Å². The van der Waals surface area contributed by atoms with Crippen LogP contribution >= 0.6 is 8.25 Å². The van der Waals surface area contributed by atoms with Gasteiger partial charge in [0.1, 0.15) is 0 Å². The fourth-order valence-electron chi connectivity index (χ4n) is 0.592. The van der Waals surface area contributed by atoms with Crippen LogP contribution in [0.5, 0.6) is 0 Å². The van der Waals surface area contributed by atoms with Gasteiger partial charge in [0.05, 0.1) is 0 Å². The van der Waals surface area contributed by atoms with E-state index >= 15 is 0 Å². The summed E-state index contributed by atoms with van der Waals surface area (Å²) in [4.78, 5) is 0. The molecule has 0 saturated carbocycles. The lowest BCUT2D eigenvalue weighted by Crippen LogP contribution is -2.26. The van der Waals surface area contributed by atoms with Crippen LogP contribution in [0.15, 0.2) is 0 Å². The van der Waals surface area contributed by atoms with Crippen molar-refractivity contribution in [2.75, 3.05) is 0 Å². The van der Waals surface area contributed by atoms with Crippen molar-refractivity contribution in [3.8, 4) is 0 Å². The van der Waals surface area contributed by atoms with Crippen LogP contribution in [0.1, 0.15) is 13.8 Å². The maximum absolute atomic E-state index is 10.6. The highest BCUT2D eigenvalue weighted by Crippen LogP contribution is 2.36. The Morgan fingerprint density at radius 1 is 1.33 bits per heavy atom. The molecule has 1 saturated heterocycles. The third-order valence-corrected chi connectivity index (χ3v) is 6.99. The third-order valence-electron chi connectivity index (χ3n) is 1.16. The van der Waals surface area contributed by atoms with Crippen LogP contribution < -0.4 is 0 Å². The molecule has 0 aromatic carbocycles. The molecule has 1 fully saturated rings. The van der Waals surface area contributed by atoms with Crippen LogP contribution in [0.2, 0.25) is 4.66 Å². The lowest BCUT2D eigenvalue weighted by Gasteiger charge is -2.26. The Hall–Kier alpha value is 0.584. The van der Waals surface area contributed by atoms with Crippen molar-refractivity contribution in [1.82, 2.24) is 0 Å². The van der Waals surface area contributed by atoms with Gasteiger partial charge in [-0.15, -0.1) is 0 Å². The zero-order valence-electron chi connectivity index (χ0n) is 5.64. The number of hydrogen-bond acceptors (Lipinski definition) is 3. The molecule has 0 aromatic rings. The molecule has 0 radical (unpaired) electrons. The normalized spacial score (nSPS) is 39.6. The average Bonchev–Trinajstić information content (AvgIpc) is 1.78. The molecular formula is C3H11O3PSi2. The highest BCUT2D eigenvalue weighted by molar-refractivity contribution is 7.37. The van der Waals surface area contributed by atoms with Crippen LogP contribution in [0.4, 0.5) is 0 Å². The van der Waals surface area contributed by atoms with Gasteiger partial charge in [0, 0.05) is 0 Å². The van der Waals surface area contributed by atoms with Crippen molar-refractivity contribution < 1.29 is 13.0 Å². The topological polar surface area (TPSA) is 35.5 Å². The number of hydrogen-bond donors (Lipinski definition) is 0.